The monoisotopic (exact) mass is 518 g/mol. The fourth-order valence-electron chi connectivity index (χ4n) is 4.97. The maximum Gasteiger partial charge on any atom is 0.203 e. The molecule has 0 amide bonds. The average molecular weight is 519 g/mol. The normalized spacial score (nSPS) is 32.6. The van der Waals surface area contributed by atoms with Crippen LogP contribution in [0.25, 0.3) is 0 Å². The number of carbonyl (C=O) groups excluding carboxylic acids is 1. The molecule has 11 nitrogen and oxygen atoms in total. The molecule has 1 saturated heterocycles. The van der Waals surface area contributed by atoms with Gasteiger partial charge in [-0.1, -0.05) is 12.1 Å². The zero-order chi connectivity index (χ0) is 26.6. The molecule has 11 heteroatoms. The molecule has 7 atom stereocenters. The largest absolute Gasteiger partial charge is 0.508 e. The van der Waals surface area contributed by atoms with Crippen molar-refractivity contribution in [2.24, 2.45) is 0 Å². The molecule has 1 fully saturated rings. The predicted molar refractivity (Wildman–Crippen MR) is 126 cm³/mol. The highest BCUT2D eigenvalue weighted by Crippen LogP contribution is 2.49. The van der Waals surface area contributed by atoms with Crippen LogP contribution in [0.15, 0.2) is 30.3 Å². The van der Waals surface area contributed by atoms with Crippen molar-refractivity contribution in [1.82, 2.24) is 0 Å². The SMILES string of the molecule is CC1(C)CCc2c(cc(O)c3c2OC(c2ccc(O)cc2)C(OC2OC(CO)C(O)C(O)C2O)C3=O)O1. The summed E-state index contributed by atoms with van der Waals surface area (Å²) in [6, 6.07) is 7.26. The van der Waals surface area contributed by atoms with Gasteiger partial charge in [-0.15, -0.1) is 0 Å². The molecule has 7 unspecified atom stereocenters. The van der Waals surface area contributed by atoms with E-state index < -0.39 is 60.9 Å². The molecule has 3 heterocycles. The number of phenolic OH excluding ortho intramolecular Hbond substituents is 2. The first kappa shape index (κ1) is 25.7. The summed E-state index contributed by atoms with van der Waals surface area (Å²) in [5.74, 6) is -0.493. The van der Waals surface area contributed by atoms with E-state index in [4.69, 9.17) is 18.9 Å². The topological polar surface area (TPSA) is 175 Å². The number of benzene rings is 2. The van der Waals surface area contributed by atoms with Crippen LogP contribution in [0.3, 0.4) is 0 Å². The Morgan fingerprint density at radius 3 is 2.43 bits per heavy atom. The highest BCUT2D eigenvalue weighted by Gasteiger charge is 2.50. The highest BCUT2D eigenvalue weighted by atomic mass is 16.7. The van der Waals surface area contributed by atoms with Crippen molar-refractivity contribution in [1.29, 1.82) is 0 Å². The third-order valence-electron chi connectivity index (χ3n) is 7.06. The summed E-state index contributed by atoms with van der Waals surface area (Å²) in [7, 11) is 0. The number of rotatable bonds is 4. The summed E-state index contributed by atoms with van der Waals surface area (Å²) in [5.41, 5.74) is 0.472. The van der Waals surface area contributed by atoms with Gasteiger partial charge in [0.1, 0.15) is 58.6 Å². The molecule has 3 aliphatic heterocycles. The number of phenols is 2. The number of hydrogen-bond donors (Lipinski definition) is 6. The first-order valence-electron chi connectivity index (χ1n) is 12.0. The van der Waals surface area contributed by atoms with Gasteiger partial charge in [-0.2, -0.15) is 0 Å². The molecule has 0 aromatic heterocycles. The quantitative estimate of drug-likeness (QED) is 0.336. The standard InChI is InChI=1S/C26H30O11/c1-26(2)8-7-13-15(37-26)9-14(29)17-19(31)24(22(35-23(13)17)11-3-5-12(28)6-4-11)36-25-21(33)20(32)18(30)16(10-27)34-25/h3-6,9,16,18,20-22,24-25,27-30,32-33H,7-8,10H2,1-2H3. The number of aromatic hydroxyl groups is 2. The lowest BCUT2D eigenvalue weighted by Crippen LogP contribution is -2.60. The van der Waals surface area contributed by atoms with E-state index in [1.54, 1.807) is 0 Å². The van der Waals surface area contributed by atoms with E-state index in [2.05, 4.69) is 0 Å². The second kappa shape index (κ2) is 9.43. The Morgan fingerprint density at radius 2 is 1.76 bits per heavy atom. The van der Waals surface area contributed by atoms with Gasteiger partial charge in [0, 0.05) is 11.6 Å². The van der Waals surface area contributed by atoms with E-state index in [0.29, 0.717) is 29.7 Å². The number of aliphatic hydroxyl groups excluding tert-OH is 4. The number of fused-ring (bicyclic) bond motifs is 3. The molecule has 0 radical (unpaired) electrons. The summed E-state index contributed by atoms with van der Waals surface area (Å²) >= 11 is 0. The van der Waals surface area contributed by atoms with Crippen molar-refractivity contribution >= 4 is 5.78 Å². The van der Waals surface area contributed by atoms with Gasteiger partial charge in [0.25, 0.3) is 0 Å². The number of Topliss-reactive ketones (excluding diaryl/α,β-unsaturated/α-hetero) is 1. The number of carbonyl (C=O) groups is 1. The van der Waals surface area contributed by atoms with Crippen molar-refractivity contribution in [3.63, 3.8) is 0 Å². The van der Waals surface area contributed by atoms with E-state index in [0.717, 1.165) is 0 Å². The van der Waals surface area contributed by atoms with Crippen LogP contribution in [0.1, 0.15) is 47.9 Å². The Bertz CT molecular complexity index is 1180. The predicted octanol–water partition coefficient (Wildman–Crippen LogP) is 0.703. The van der Waals surface area contributed by atoms with Crippen LogP contribution in [0.4, 0.5) is 0 Å². The molecule has 0 aliphatic carbocycles. The first-order valence-corrected chi connectivity index (χ1v) is 12.0. The molecule has 5 rings (SSSR count). The molecule has 2 aromatic carbocycles. The molecular formula is C26H30O11. The van der Waals surface area contributed by atoms with Gasteiger partial charge < -0.3 is 49.6 Å². The lowest BCUT2D eigenvalue weighted by atomic mass is 9.87. The third kappa shape index (κ3) is 4.52. The Balaban J connectivity index is 1.57. The van der Waals surface area contributed by atoms with E-state index in [9.17, 15) is 35.4 Å². The number of ether oxygens (including phenoxy) is 4. The van der Waals surface area contributed by atoms with Crippen molar-refractivity contribution in [2.75, 3.05) is 6.61 Å². The Kier molecular flexibility index (Phi) is 6.55. The van der Waals surface area contributed by atoms with Gasteiger partial charge >= 0.3 is 0 Å². The Hall–Kier alpha value is -2.93. The van der Waals surface area contributed by atoms with Crippen LogP contribution in [0.5, 0.6) is 23.0 Å². The fourth-order valence-corrected chi connectivity index (χ4v) is 4.97. The smallest absolute Gasteiger partial charge is 0.203 e. The lowest BCUT2D eigenvalue weighted by molar-refractivity contribution is -0.311. The zero-order valence-electron chi connectivity index (χ0n) is 20.3. The van der Waals surface area contributed by atoms with Crippen molar-refractivity contribution in [3.8, 4) is 23.0 Å². The number of ketones is 1. The minimum Gasteiger partial charge on any atom is -0.508 e. The van der Waals surface area contributed by atoms with Crippen molar-refractivity contribution in [3.05, 3.63) is 47.0 Å². The van der Waals surface area contributed by atoms with Crippen LogP contribution in [0.2, 0.25) is 0 Å². The van der Waals surface area contributed by atoms with Crippen LogP contribution < -0.4 is 9.47 Å². The lowest BCUT2D eigenvalue weighted by Gasteiger charge is -2.43. The minimum atomic E-state index is -1.75. The van der Waals surface area contributed by atoms with Crippen LogP contribution >= 0.6 is 0 Å². The average Bonchev–Trinajstić information content (AvgIpc) is 2.85. The summed E-state index contributed by atoms with van der Waals surface area (Å²) < 4.78 is 23.6. The molecular weight excluding hydrogens is 488 g/mol. The van der Waals surface area contributed by atoms with E-state index in [1.165, 1.54) is 30.3 Å². The van der Waals surface area contributed by atoms with Gasteiger partial charge in [-0.3, -0.25) is 4.79 Å². The second-order valence-corrected chi connectivity index (χ2v) is 10.2. The molecule has 0 saturated carbocycles. The van der Waals surface area contributed by atoms with E-state index in [-0.39, 0.29) is 22.8 Å². The molecule has 0 spiro atoms. The maximum absolute atomic E-state index is 13.8. The van der Waals surface area contributed by atoms with Crippen LogP contribution in [0, 0.1) is 0 Å². The van der Waals surface area contributed by atoms with Crippen molar-refractivity contribution in [2.45, 2.75) is 75.2 Å². The Labute approximate surface area is 212 Å². The van der Waals surface area contributed by atoms with E-state index >= 15 is 0 Å². The fraction of sp³-hybridized carbons (Fsp3) is 0.500. The summed E-state index contributed by atoms with van der Waals surface area (Å²) in [5, 5.41) is 60.9. The van der Waals surface area contributed by atoms with E-state index in [1.807, 2.05) is 13.8 Å². The minimum absolute atomic E-state index is 0.0108. The summed E-state index contributed by atoms with van der Waals surface area (Å²) in [6.07, 6.45) is -9.33. The third-order valence-corrected chi connectivity index (χ3v) is 7.06. The van der Waals surface area contributed by atoms with Gasteiger partial charge in [0.2, 0.25) is 5.78 Å². The second-order valence-electron chi connectivity index (χ2n) is 10.2. The molecule has 6 N–H and O–H groups in total. The number of hydrogen-bond acceptors (Lipinski definition) is 11. The molecule has 0 bridgehead atoms. The molecule has 37 heavy (non-hydrogen) atoms. The summed E-state index contributed by atoms with van der Waals surface area (Å²) in [6.45, 7) is 3.16. The maximum atomic E-state index is 13.8. The Morgan fingerprint density at radius 1 is 1.05 bits per heavy atom. The van der Waals surface area contributed by atoms with Gasteiger partial charge in [-0.05, 0) is 44.4 Å². The van der Waals surface area contributed by atoms with Gasteiger partial charge in [0.05, 0.1) is 6.61 Å². The van der Waals surface area contributed by atoms with Crippen molar-refractivity contribution < 1.29 is 54.4 Å². The van der Waals surface area contributed by atoms with Gasteiger partial charge in [0.15, 0.2) is 18.5 Å². The first-order chi connectivity index (χ1) is 17.5. The van der Waals surface area contributed by atoms with Gasteiger partial charge in [-0.25, -0.2) is 0 Å². The molecule has 3 aliphatic rings. The van der Waals surface area contributed by atoms with Crippen LogP contribution in [-0.4, -0.2) is 85.4 Å². The van der Waals surface area contributed by atoms with Crippen LogP contribution in [-0.2, 0) is 15.9 Å². The number of aliphatic hydroxyl groups is 4. The highest BCUT2D eigenvalue weighted by molar-refractivity contribution is 6.06. The molecule has 200 valence electrons. The molecule has 2 aromatic rings. The summed E-state index contributed by atoms with van der Waals surface area (Å²) in [4.78, 5) is 13.8. The zero-order valence-corrected chi connectivity index (χ0v) is 20.3.